The maximum atomic E-state index is 12.6. The van der Waals surface area contributed by atoms with E-state index in [1.807, 2.05) is 13.8 Å². The fraction of sp³-hybridized carbons (Fsp3) is 0.500. The Morgan fingerprint density at radius 3 is 2.80 bits per heavy atom. The summed E-state index contributed by atoms with van der Waals surface area (Å²) in [5.41, 5.74) is 0.104. The van der Waals surface area contributed by atoms with Crippen molar-refractivity contribution in [2.45, 2.75) is 25.6 Å². The van der Waals surface area contributed by atoms with Gasteiger partial charge < -0.3 is 9.64 Å². The fourth-order valence-electron chi connectivity index (χ4n) is 2.36. The number of alkyl halides is 1. The third-order valence-electron chi connectivity index (χ3n) is 3.10. The Hall–Kier alpha value is -0.290. The highest BCUT2D eigenvalue weighted by molar-refractivity contribution is 9.09. The van der Waals surface area contributed by atoms with Crippen LogP contribution in [0.4, 0.5) is 0 Å². The van der Waals surface area contributed by atoms with Gasteiger partial charge in [-0.25, -0.2) is 0 Å². The van der Waals surface area contributed by atoms with Crippen molar-refractivity contribution in [1.29, 1.82) is 0 Å². The number of hydrogen-bond donors (Lipinski definition) is 0. The highest BCUT2D eigenvalue weighted by Crippen LogP contribution is 2.27. The van der Waals surface area contributed by atoms with Gasteiger partial charge in [0, 0.05) is 23.4 Å². The molecule has 1 saturated heterocycles. The van der Waals surface area contributed by atoms with E-state index in [1.165, 1.54) is 0 Å². The van der Waals surface area contributed by atoms with E-state index in [4.69, 9.17) is 27.9 Å². The summed E-state index contributed by atoms with van der Waals surface area (Å²) >= 11 is 15.4. The summed E-state index contributed by atoms with van der Waals surface area (Å²) in [4.78, 5) is 14.4. The molecule has 1 aliphatic rings. The molecule has 0 saturated carbocycles. The van der Waals surface area contributed by atoms with Crippen molar-refractivity contribution < 1.29 is 9.53 Å². The van der Waals surface area contributed by atoms with Crippen LogP contribution in [0.5, 0.6) is 0 Å². The van der Waals surface area contributed by atoms with E-state index < -0.39 is 0 Å². The largest absolute Gasteiger partial charge is 0.368 e. The van der Waals surface area contributed by atoms with Crippen LogP contribution in [0.3, 0.4) is 0 Å². The number of nitrogens with zero attached hydrogens (tertiary/aromatic N) is 1. The van der Waals surface area contributed by atoms with Crippen molar-refractivity contribution in [3.63, 3.8) is 0 Å². The lowest BCUT2D eigenvalue weighted by molar-refractivity contribution is -0.116. The summed E-state index contributed by atoms with van der Waals surface area (Å²) in [6, 6.07) is 4.93. The highest BCUT2D eigenvalue weighted by Gasteiger charge is 2.35. The Kier molecular flexibility index (Phi) is 5.00. The van der Waals surface area contributed by atoms with Crippen LogP contribution in [0, 0.1) is 0 Å². The molecule has 6 heteroatoms. The first-order valence-electron chi connectivity index (χ1n) is 6.30. The van der Waals surface area contributed by atoms with E-state index >= 15 is 0 Å². The van der Waals surface area contributed by atoms with Gasteiger partial charge in [-0.15, -0.1) is 0 Å². The van der Waals surface area contributed by atoms with Crippen molar-refractivity contribution in [2.24, 2.45) is 0 Å². The zero-order chi connectivity index (χ0) is 14.9. The van der Waals surface area contributed by atoms with Crippen LogP contribution in [0.15, 0.2) is 18.2 Å². The van der Waals surface area contributed by atoms with Crippen LogP contribution in [0.25, 0.3) is 0 Å². The molecule has 2 rings (SSSR count). The molecular formula is C14H16BrCl2NO2. The standard InChI is InChI=1S/C14H16BrCl2NO2/c1-14(2)8-18(7-10(6-15)20-14)13(19)11-4-3-9(16)5-12(11)17/h3-5,10H,6-8H2,1-2H3. The Labute approximate surface area is 137 Å². The van der Waals surface area contributed by atoms with Crippen LogP contribution in [0.1, 0.15) is 24.2 Å². The number of carbonyl (C=O) groups is 1. The van der Waals surface area contributed by atoms with E-state index in [0.717, 1.165) is 0 Å². The average molecular weight is 381 g/mol. The topological polar surface area (TPSA) is 29.5 Å². The van der Waals surface area contributed by atoms with Crippen molar-refractivity contribution in [2.75, 3.05) is 18.4 Å². The second kappa shape index (κ2) is 6.22. The molecule has 0 spiro atoms. The van der Waals surface area contributed by atoms with Gasteiger partial charge >= 0.3 is 0 Å². The third-order valence-corrected chi connectivity index (χ3v) is 4.37. The molecule has 0 N–H and O–H groups in total. The van der Waals surface area contributed by atoms with Gasteiger partial charge in [-0.2, -0.15) is 0 Å². The fourth-order valence-corrected chi connectivity index (χ4v) is 3.19. The van der Waals surface area contributed by atoms with E-state index in [1.54, 1.807) is 23.1 Å². The lowest BCUT2D eigenvalue weighted by Gasteiger charge is -2.42. The minimum atomic E-state index is -0.370. The molecule has 0 bridgehead atoms. The van der Waals surface area contributed by atoms with Crippen molar-refractivity contribution in [1.82, 2.24) is 4.90 Å². The molecule has 1 atom stereocenters. The van der Waals surface area contributed by atoms with Crippen LogP contribution in [-0.2, 0) is 4.74 Å². The first kappa shape index (κ1) is 16.1. The normalized spacial score (nSPS) is 21.9. The smallest absolute Gasteiger partial charge is 0.255 e. The first-order valence-corrected chi connectivity index (χ1v) is 8.18. The molecular weight excluding hydrogens is 365 g/mol. The van der Waals surface area contributed by atoms with Crippen LogP contribution >= 0.6 is 39.1 Å². The van der Waals surface area contributed by atoms with Crippen LogP contribution < -0.4 is 0 Å². The van der Waals surface area contributed by atoms with E-state index in [9.17, 15) is 4.79 Å². The molecule has 110 valence electrons. The lowest BCUT2D eigenvalue weighted by atomic mass is 10.0. The lowest BCUT2D eigenvalue weighted by Crippen LogP contribution is -2.55. The molecule has 1 amide bonds. The molecule has 1 fully saturated rings. The summed E-state index contributed by atoms with van der Waals surface area (Å²) in [5.74, 6) is -0.0889. The molecule has 1 aromatic carbocycles. The molecule has 1 heterocycles. The minimum absolute atomic E-state index is 0.0197. The molecule has 0 aromatic heterocycles. The van der Waals surface area contributed by atoms with Gasteiger partial charge in [-0.05, 0) is 32.0 Å². The highest BCUT2D eigenvalue weighted by atomic mass is 79.9. The zero-order valence-corrected chi connectivity index (χ0v) is 14.4. The molecule has 1 unspecified atom stereocenters. The first-order chi connectivity index (χ1) is 9.32. The SMILES string of the molecule is CC1(C)CN(C(=O)c2ccc(Cl)cc2Cl)CC(CBr)O1. The molecule has 0 radical (unpaired) electrons. The number of benzene rings is 1. The number of amides is 1. The molecule has 3 nitrogen and oxygen atoms in total. The van der Waals surface area contributed by atoms with E-state index in [-0.39, 0.29) is 17.6 Å². The van der Waals surface area contributed by atoms with Crippen LogP contribution in [-0.4, -0.2) is 40.9 Å². The summed E-state index contributed by atoms with van der Waals surface area (Å²) in [7, 11) is 0. The molecule has 0 aliphatic carbocycles. The predicted octanol–water partition coefficient (Wildman–Crippen LogP) is 4.01. The molecule has 1 aliphatic heterocycles. The summed E-state index contributed by atoms with van der Waals surface area (Å²) < 4.78 is 5.89. The number of halogens is 3. The van der Waals surface area contributed by atoms with Gasteiger partial charge in [0.1, 0.15) is 0 Å². The predicted molar refractivity (Wildman–Crippen MR) is 85.1 cm³/mol. The van der Waals surface area contributed by atoms with E-state index in [2.05, 4.69) is 15.9 Å². The molecule has 1 aromatic rings. The maximum Gasteiger partial charge on any atom is 0.255 e. The number of ether oxygens (including phenoxy) is 1. The number of morpholine rings is 1. The zero-order valence-electron chi connectivity index (χ0n) is 11.3. The van der Waals surface area contributed by atoms with E-state index in [0.29, 0.717) is 34.0 Å². The third kappa shape index (κ3) is 3.67. The van der Waals surface area contributed by atoms with Crippen molar-refractivity contribution in [3.8, 4) is 0 Å². The number of carbonyl (C=O) groups excluding carboxylic acids is 1. The second-order valence-corrected chi connectivity index (χ2v) is 6.95. The van der Waals surface area contributed by atoms with Gasteiger partial charge in [0.05, 0.1) is 22.3 Å². The van der Waals surface area contributed by atoms with Gasteiger partial charge in [0.2, 0.25) is 0 Å². The summed E-state index contributed by atoms with van der Waals surface area (Å²) in [6.07, 6.45) is -0.0197. The Balaban J connectivity index is 2.23. The van der Waals surface area contributed by atoms with Crippen molar-refractivity contribution >= 4 is 45.0 Å². The Bertz CT molecular complexity index is 522. The van der Waals surface area contributed by atoms with Crippen molar-refractivity contribution in [3.05, 3.63) is 33.8 Å². The quantitative estimate of drug-likeness (QED) is 0.725. The van der Waals surface area contributed by atoms with Gasteiger partial charge in [0.25, 0.3) is 5.91 Å². The molecule has 20 heavy (non-hydrogen) atoms. The monoisotopic (exact) mass is 379 g/mol. The van der Waals surface area contributed by atoms with Gasteiger partial charge in [-0.3, -0.25) is 4.79 Å². The average Bonchev–Trinajstić information content (AvgIpc) is 2.36. The number of rotatable bonds is 2. The summed E-state index contributed by atoms with van der Waals surface area (Å²) in [6.45, 7) is 5.04. The Morgan fingerprint density at radius 1 is 1.50 bits per heavy atom. The maximum absolute atomic E-state index is 12.6. The second-order valence-electron chi connectivity index (χ2n) is 5.46. The van der Waals surface area contributed by atoms with Gasteiger partial charge in [0.15, 0.2) is 0 Å². The van der Waals surface area contributed by atoms with Gasteiger partial charge in [-0.1, -0.05) is 39.1 Å². The number of hydrogen-bond acceptors (Lipinski definition) is 2. The van der Waals surface area contributed by atoms with Crippen LogP contribution in [0.2, 0.25) is 10.0 Å². The minimum Gasteiger partial charge on any atom is -0.368 e. The summed E-state index contributed by atoms with van der Waals surface area (Å²) in [5, 5.41) is 1.59. The Morgan fingerprint density at radius 2 is 2.20 bits per heavy atom.